The Labute approximate surface area is 193 Å². The second-order valence-corrected chi connectivity index (χ2v) is 8.18. The summed E-state index contributed by atoms with van der Waals surface area (Å²) < 4.78 is 5.43. The lowest BCUT2D eigenvalue weighted by molar-refractivity contribution is -0.130. The maximum absolute atomic E-state index is 12.1. The number of nitrogens with zero attached hydrogens (tertiary/aromatic N) is 5. The SMILES string of the molecule is Cc1cccc(CN=Nc2cc(N3CCOCC3)nc(CCC(=O)NNC(=O)C(C)C)n2)c1. The summed E-state index contributed by atoms with van der Waals surface area (Å²) in [5.41, 5.74) is 7.07. The summed E-state index contributed by atoms with van der Waals surface area (Å²) in [4.78, 5) is 34.9. The van der Waals surface area contributed by atoms with Gasteiger partial charge in [0.2, 0.25) is 11.8 Å². The summed E-state index contributed by atoms with van der Waals surface area (Å²) in [5, 5.41) is 8.62. The average molecular weight is 454 g/mol. The molecule has 2 heterocycles. The molecule has 1 saturated heterocycles. The maximum atomic E-state index is 12.1. The zero-order chi connectivity index (χ0) is 23.6. The van der Waals surface area contributed by atoms with Crippen LogP contribution in [0.3, 0.4) is 0 Å². The van der Waals surface area contributed by atoms with Gasteiger partial charge in [-0.25, -0.2) is 9.97 Å². The van der Waals surface area contributed by atoms with Crippen molar-refractivity contribution in [3.63, 3.8) is 0 Å². The van der Waals surface area contributed by atoms with Crippen LogP contribution in [0.1, 0.15) is 37.2 Å². The molecule has 3 rings (SSSR count). The number of ether oxygens (including phenoxy) is 1. The molecule has 0 aliphatic carbocycles. The third-order valence-corrected chi connectivity index (χ3v) is 5.01. The van der Waals surface area contributed by atoms with Gasteiger partial charge in [0.05, 0.1) is 19.8 Å². The van der Waals surface area contributed by atoms with Crippen molar-refractivity contribution in [3.05, 3.63) is 47.3 Å². The molecule has 0 radical (unpaired) electrons. The molecule has 0 bridgehead atoms. The third-order valence-electron chi connectivity index (χ3n) is 5.01. The standard InChI is InChI=1S/C23H31N7O3/c1-16(2)23(32)29-28-22(31)8-7-19-25-20(14-21(26-19)30-9-11-33-12-10-30)27-24-15-18-6-4-5-17(3)13-18/h4-6,13-14,16H,7-12,15H2,1-3H3,(H,28,31)(H,29,32). The first-order valence-corrected chi connectivity index (χ1v) is 11.1. The van der Waals surface area contributed by atoms with E-state index >= 15 is 0 Å². The number of carbonyl (C=O) groups excluding carboxylic acids is 2. The number of azo groups is 1. The number of aryl methyl sites for hydroxylation is 2. The van der Waals surface area contributed by atoms with Gasteiger partial charge in [-0.2, -0.15) is 5.11 Å². The normalized spacial score (nSPS) is 14.0. The average Bonchev–Trinajstić information content (AvgIpc) is 2.81. The number of amides is 2. The number of rotatable bonds is 8. The fraction of sp³-hybridized carbons (Fsp3) is 0.478. The molecule has 0 unspecified atom stereocenters. The summed E-state index contributed by atoms with van der Waals surface area (Å²) in [7, 11) is 0. The lowest BCUT2D eigenvalue weighted by atomic mass is 10.1. The Bertz CT molecular complexity index is 988. The number of aromatic nitrogens is 2. The highest BCUT2D eigenvalue weighted by Crippen LogP contribution is 2.20. The van der Waals surface area contributed by atoms with E-state index in [1.807, 2.05) is 25.1 Å². The quantitative estimate of drug-likeness (QED) is 0.468. The number of hydrazine groups is 1. The van der Waals surface area contributed by atoms with Crippen molar-refractivity contribution in [3.8, 4) is 0 Å². The smallest absolute Gasteiger partial charge is 0.240 e. The fourth-order valence-electron chi connectivity index (χ4n) is 3.15. The van der Waals surface area contributed by atoms with Gasteiger partial charge < -0.3 is 9.64 Å². The summed E-state index contributed by atoms with van der Waals surface area (Å²) in [6.45, 7) is 8.68. The Hall–Kier alpha value is -3.40. The van der Waals surface area contributed by atoms with Crippen LogP contribution in [0.4, 0.5) is 11.6 Å². The zero-order valence-corrected chi connectivity index (χ0v) is 19.4. The molecule has 0 atom stereocenters. The molecule has 176 valence electrons. The second kappa shape index (κ2) is 12.0. The van der Waals surface area contributed by atoms with Gasteiger partial charge in [0.15, 0.2) is 5.82 Å². The number of carbonyl (C=O) groups is 2. The Morgan fingerprint density at radius 3 is 2.67 bits per heavy atom. The molecule has 10 nitrogen and oxygen atoms in total. The van der Waals surface area contributed by atoms with E-state index < -0.39 is 0 Å². The van der Waals surface area contributed by atoms with E-state index in [9.17, 15) is 9.59 Å². The second-order valence-electron chi connectivity index (χ2n) is 8.18. The van der Waals surface area contributed by atoms with E-state index in [1.54, 1.807) is 19.9 Å². The van der Waals surface area contributed by atoms with Gasteiger partial charge in [-0.3, -0.25) is 20.4 Å². The van der Waals surface area contributed by atoms with Crippen LogP contribution in [-0.2, 0) is 27.3 Å². The first-order valence-electron chi connectivity index (χ1n) is 11.1. The number of hydrogen-bond acceptors (Lipinski definition) is 8. The van der Waals surface area contributed by atoms with Gasteiger partial charge >= 0.3 is 0 Å². The van der Waals surface area contributed by atoms with Gasteiger partial charge in [-0.05, 0) is 12.5 Å². The van der Waals surface area contributed by atoms with Gasteiger partial charge in [-0.1, -0.05) is 43.7 Å². The van der Waals surface area contributed by atoms with Crippen molar-refractivity contribution in [2.45, 2.75) is 40.2 Å². The number of benzene rings is 1. The molecular formula is C23H31N7O3. The summed E-state index contributed by atoms with van der Waals surface area (Å²) in [6, 6.07) is 9.91. The minimum absolute atomic E-state index is 0.130. The Morgan fingerprint density at radius 2 is 1.94 bits per heavy atom. The molecule has 0 saturated carbocycles. The molecule has 1 aromatic heterocycles. The summed E-state index contributed by atoms with van der Waals surface area (Å²) in [5.74, 6) is 0.904. The summed E-state index contributed by atoms with van der Waals surface area (Å²) >= 11 is 0. The molecule has 1 aliphatic heterocycles. The van der Waals surface area contributed by atoms with Crippen molar-refractivity contribution >= 4 is 23.5 Å². The predicted molar refractivity (Wildman–Crippen MR) is 124 cm³/mol. The van der Waals surface area contributed by atoms with Gasteiger partial charge in [0.25, 0.3) is 0 Å². The Morgan fingerprint density at radius 1 is 1.15 bits per heavy atom. The molecule has 10 heteroatoms. The number of nitrogens with one attached hydrogen (secondary N) is 2. The van der Waals surface area contributed by atoms with Crippen LogP contribution in [-0.4, -0.2) is 48.1 Å². The first kappa shape index (κ1) is 24.2. The summed E-state index contributed by atoms with van der Waals surface area (Å²) in [6.07, 6.45) is 0.437. The van der Waals surface area contributed by atoms with Crippen LogP contribution in [0.15, 0.2) is 40.6 Å². The van der Waals surface area contributed by atoms with Crippen molar-refractivity contribution in [2.24, 2.45) is 16.1 Å². The van der Waals surface area contributed by atoms with Crippen LogP contribution in [0.5, 0.6) is 0 Å². The van der Waals surface area contributed by atoms with Gasteiger partial charge in [-0.15, -0.1) is 5.11 Å². The van der Waals surface area contributed by atoms with Gasteiger partial charge in [0, 0.05) is 37.9 Å². The van der Waals surface area contributed by atoms with Crippen molar-refractivity contribution in [1.82, 2.24) is 20.8 Å². The molecule has 2 aromatic rings. The third kappa shape index (κ3) is 7.90. The fourth-order valence-corrected chi connectivity index (χ4v) is 3.15. The molecule has 0 spiro atoms. The first-order chi connectivity index (χ1) is 15.9. The monoisotopic (exact) mass is 453 g/mol. The molecule has 1 fully saturated rings. The highest BCUT2D eigenvalue weighted by atomic mass is 16.5. The Balaban J connectivity index is 1.68. The number of morpholine rings is 1. The Kier molecular flexibility index (Phi) is 8.82. The minimum atomic E-state index is -0.313. The molecule has 1 aromatic carbocycles. The number of hydrogen-bond donors (Lipinski definition) is 2. The van der Waals surface area contributed by atoms with Crippen LogP contribution >= 0.6 is 0 Å². The largest absolute Gasteiger partial charge is 0.378 e. The number of anilines is 1. The molecule has 2 N–H and O–H groups in total. The van der Waals surface area contributed by atoms with E-state index in [1.165, 1.54) is 5.56 Å². The topological polar surface area (TPSA) is 121 Å². The van der Waals surface area contributed by atoms with Crippen molar-refractivity contribution < 1.29 is 14.3 Å². The molecule has 2 amide bonds. The van der Waals surface area contributed by atoms with E-state index in [0.29, 0.717) is 37.8 Å². The molecule has 33 heavy (non-hydrogen) atoms. The lowest BCUT2D eigenvalue weighted by Crippen LogP contribution is -2.43. The highest BCUT2D eigenvalue weighted by Gasteiger charge is 2.16. The zero-order valence-electron chi connectivity index (χ0n) is 19.4. The molecular weight excluding hydrogens is 422 g/mol. The van der Waals surface area contributed by atoms with Crippen LogP contribution in [0, 0.1) is 12.8 Å². The maximum Gasteiger partial charge on any atom is 0.240 e. The highest BCUT2D eigenvalue weighted by molar-refractivity contribution is 5.82. The van der Waals surface area contributed by atoms with Crippen LogP contribution in [0.2, 0.25) is 0 Å². The minimum Gasteiger partial charge on any atom is -0.378 e. The van der Waals surface area contributed by atoms with E-state index in [4.69, 9.17) is 4.74 Å². The lowest BCUT2D eigenvalue weighted by Gasteiger charge is -2.28. The van der Waals surface area contributed by atoms with Crippen molar-refractivity contribution in [2.75, 3.05) is 31.2 Å². The van der Waals surface area contributed by atoms with Crippen LogP contribution < -0.4 is 15.8 Å². The van der Waals surface area contributed by atoms with Gasteiger partial charge in [0.1, 0.15) is 11.6 Å². The van der Waals surface area contributed by atoms with E-state index in [2.05, 4.69) is 42.0 Å². The van der Waals surface area contributed by atoms with E-state index in [0.717, 1.165) is 24.5 Å². The van der Waals surface area contributed by atoms with E-state index in [-0.39, 0.29) is 24.2 Å². The van der Waals surface area contributed by atoms with Crippen molar-refractivity contribution in [1.29, 1.82) is 0 Å². The predicted octanol–water partition coefficient (Wildman–Crippen LogP) is 2.64. The molecule has 1 aliphatic rings. The van der Waals surface area contributed by atoms with Crippen LogP contribution in [0.25, 0.3) is 0 Å².